The van der Waals surface area contributed by atoms with Crippen molar-refractivity contribution in [2.45, 2.75) is 26.7 Å². The summed E-state index contributed by atoms with van der Waals surface area (Å²) in [5.41, 5.74) is 3.36. The quantitative estimate of drug-likeness (QED) is 0.720. The molecule has 0 saturated heterocycles. The van der Waals surface area contributed by atoms with Crippen LogP contribution in [-0.2, 0) is 22.4 Å². The van der Waals surface area contributed by atoms with Gasteiger partial charge < -0.3 is 9.64 Å². The zero-order valence-corrected chi connectivity index (χ0v) is 12.7. The molecule has 0 aromatic heterocycles. The van der Waals surface area contributed by atoms with E-state index >= 15 is 0 Å². The van der Waals surface area contributed by atoms with Crippen LogP contribution in [0.15, 0.2) is 18.2 Å². The average molecular weight is 284 g/mol. The van der Waals surface area contributed by atoms with E-state index in [1.807, 2.05) is 6.07 Å². The summed E-state index contributed by atoms with van der Waals surface area (Å²) in [5, 5.41) is 0. The predicted molar refractivity (Wildman–Crippen MR) is 80.1 cm³/mol. The summed E-state index contributed by atoms with van der Waals surface area (Å²) in [6.07, 6.45) is 1.78. The number of alkyl halides is 1. The van der Waals surface area contributed by atoms with Gasteiger partial charge in [-0.2, -0.15) is 0 Å². The van der Waals surface area contributed by atoms with Crippen LogP contribution < -0.4 is 4.90 Å². The molecule has 0 N–H and O–H groups in total. The molecular weight excluding hydrogens is 262 g/mol. The van der Waals surface area contributed by atoms with Crippen molar-refractivity contribution in [2.75, 3.05) is 31.0 Å². The molecule has 0 aliphatic carbocycles. The minimum atomic E-state index is -0.0747. The SMILES string of the molecule is CCc1cccc(CC)c1N(CCOC)C(=O)CCl. The Balaban J connectivity index is 3.22. The Morgan fingerprint density at radius 3 is 2.26 bits per heavy atom. The first kappa shape index (κ1) is 16.0. The van der Waals surface area contributed by atoms with Crippen molar-refractivity contribution in [3.05, 3.63) is 29.3 Å². The summed E-state index contributed by atoms with van der Waals surface area (Å²) in [5.74, 6) is -0.0837. The van der Waals surface area contributed by atoms with E-state index in [-0.39, 0.29) is 11.8 Å². The second kappa shape index (κ2) is 8.18. The topological polar surface area (TPSA) is 29.5 Å². The molecule has 0 spiro atoms. The molecule has 1 aromatic rings. The van der Waals surface area contributed by atoms with E-state index in [2.05, 4.69) is 26.0 Å². The number of aryl methyl sites for hydroxylation is 2. The van der Waals surface area contributed by atoms with Crippen LogP contribution in [0.4, 0.5) is 5.69 Å². The standard InChI is InChI=1S/C15H22ClNO2/c1-4-12-7-6-8-13(5-2)15(12)17(9-10-19-3)14(18)11-16/h6-8H,4-5,9-11H2,1-3H3. The Hall–Kier alpha value is -1.06. The maximum atomic E-state index is 12.1. The Bertz CT molecular complexity index is 398. The van der Waals surface area contributed by atoms with Crippen molar-refractivity contribution in [3.63, 3.8) is 0 Å². The number of benzene rings is 1. The Kier molecular flexibility index (Phi) is 6.89. The third-order valence-corrected chi connectivity index (χ3v) is 3.40. The number of nitrogens with zero attached hydrogens (tertiary/aromatic N) is 1. The van der Waals surface area contributed by atoms with Gasteiger partial charge in [0.05, 0.1) is 12.3 Å². The second-order valence-electron chi connectivity index (χ2n) is 4.30. The van der Waals surface area contributed by atoms with Gasteiger partial charge in [0.1, 0.15) is 5.88 Å². The highest BCUT2D eigenvalue weighted by atomic mass is 35.5. The van der Waals surface area contributed by atoms with Crippen LogP contribution in [0.25, 0.3) is 0 Å². The van der Waals surface area contributed by atoms with Crippen molar-refractivity contribution in [1.82, 2.24) is 0 Å². The van der Waals surface area contributed by atoms with E-state index in [0.717, 1.165) is 18.5 Å². The molecule has 19 heavy (non-hydrogen) atoms. The van der Waals surface area contributed by atoms with E-state index in [0.29, 0.717) is 13.2 Å². The first-order valence-corrected chi connectivity index (χ1v) is 7.19. The lowest BCUT2D eigenvalue weighted by Crippen LogP contribution is -2.36. The predicted octanol–water partition coefficient (Wildman–Crippen LogP) is 3.03. The Morgan fingerprint density at radius 2 is 1.84 bits per heavy atom. The number of hydrogen-bond donors (Lipinski definition) is 0. The molecule has 0 aliphatic heterocycles. The number of hydrogen-bond acceptors (Lipinski definition) is 2. The number of para-hydroxylation sites is 1. The fourth-order valence-electron chi connectivity index (χ4n) is 2.18. The summed E-state index contributed by atoms with van der Waals surface area (Å²) in [6, 6.07) is 6.17. The van der Waals surface area contributed by atoms with Gasteiger partial charge in [0.2, 0.25) is 5.91 Å². The maximum absolute atomic E-state index is 12.1. The van der Waals surface area contributed by atoms with Gasteiger partial charge in [-0.15, -0.1) is 11.6 Å². The molecule has 0 bridgehead atoms. The van der Waals surface area contributed by atoms with Crippen LogP contribution in [0.5, 0.6) is 0 Å². The fraction of sp³-hybridized carbons (Fsp3) is 0.533. The molecule has 4 heteroatoms. The van der Waals surface area contributed by atoms with Gasteiger partial charge in [-0.3, -0.25) is 4.79 Å². The van der Waals surface area contributed by atoms with Gasteiger partial charge in [0.15, 0.2) is 0 Å². The monoisotopic (exact) mass is 283 g/mol. The first-order valence-electron chi connectivity index (χ1n) is 6.65. The van der Waals surface area contributed by atoms with Crippen LogP contribution >= 0.6 is 11.6 Å². The molecule has 0 atom stereocenters. The van der Waals surface area contributed by atoms with Crippen LogP contribution in [0.3, 0.4) is 0 Å². The third-order valence-electron chi connectivity index (χ3n) is 3.17. The number of amides is 1. The number of carbonyl (C=O) groups is 1. The summed E-state index contributed by atoms with van der Waals surface area (Å²) in [4.78, 5) is 13.9. The molecule has 0 heterocycles. The average Bonchev–Trinajstić information content (AvgIpc) is 2.46. The van der Waals surface area contributed by atoms with Crippen molar-refractivity contribution >= 4 is 23.2 Å². The summed E-state index contributed by atoms with van der Waals surface area (Å²) in [6.45, 7) is 5.23. The highest BCUT2D eigenvalue weighted by Crippen LogP contribution is 2.27. The van der Waals surface area contributed by atoms with Gasteiger partial charge in [-0.1, -0.05) is 32.0 Å². The molecule has 1 aromatic carbocycles. The van der Waals surface area contributed by atoms with Crippen molar-refractivity contribution < 1.29 is 9.53 Å². The summed E-state index contributed by atoms with van der Waals surface area (Å²) < 4.78 is 5.10. The number of anilines is 1. The van der Waals surface area contributed by atoms with Gasteiger partial charge in [-0.05, 0) is 24.0 Å². The van der Waals surface area contributed by atoms with Gasteiger partial charge in [0, 0.05) is 13.7 Å². The van der Waals surface area contributed by atoms with E-state index in [1.54, 1.807) is 12.0 Å². The molecule has 1 amide bonds. The number of ether oxygens (including phenoxy) is 1. The zero-order valence-electron chi connectivity index (χ0n) is 11.9. The highest BCUT2D eigenvalue weighted by Gasteiger charge is 2.19. The Morgan fingerprint density at radius 1 is 1.26 bits per heavy atom. The van der Waals surface area contributed by atoms with E-state index in [1.165, 1.54) is 11.1 Å². The molecule has 0 unspecified atom stereocenters. The lowest BCUT2D eigenvalue weighted by Gasteiger charge is -2.26. The lowest BCUT2D eigenvalue weighted by atomic mass is 10.0. The Labute approximate surface area is 120 Å². The molecule has 0 radical (unpaired) electrons. The number of rotatable bonds is 7. The minimum Gasteiger partial charge on any atom is -0.383 e. The van der Waals surface area contributed by atoms with Crippen LogP contribution in [0, 0.1) is 0 Å². The summed E-state index contributed by atoms with van der Waals surface area (Å²) in [7, 11) is 1.63. The number of halogens is 1. The molecule has 3 nitrogen and oxygen atoms in total. The van der Waals surface area contributed by atoms with Gasteiger partial charge in [0.25, 0.3) is 0 Å². The normalized spacial score (nSPS) is 10.5. The van der Waals surface area contributed by atoms with E-state index < -0.39 is 0 Å². The first-order chi connectivity index (χ1) is 9.19. The number of methoxy groups -OCH3 is 1. The van der Waals surface area contributed by atoms with Gasteiger partial charge in [-0.25, -0.2) is 0 Å². The van der Waals surface area contributed by atoms with Crippen LogP contribution in [0.2, 0.25) is 0 Å². The molecular formula is C15H22ClNO2. The largest absolute Gasteiger partial charge is 0.383 e. The highest BCUT2D eigenvalue weighted by molar-refractivity contribution is 6.29. The van der Waals surface area contributed by atoms with Gasteiger partial charge >= 0.3 is 0 Å². The zero-order chi connectivity index (χ0) is 14.3. The third kappa shape index (κ3) is 3.95. The van der Waals surface area contributed by atoms with Crippen molar-refractivity contribution in [3.8, 4) is 0 Å². The second-order valence-corrected chi connectivity index (χ2v) is 4.57. The lowest BCUT2D eigenvalue weighted by molar-refractivity contribution is -0.116. The van der Waals surface area contributed by atoms with E-state index in [4.69, 9.17) is 16.3 Å². The molecule has 0 saturated carbocycles. The fourth-order valence-corrected chi connectivity index (χ4v) is 2.32. The van der Waals surface area contributed by atoms with Crippen molar-refractivity contribution in [2.24, 2.45) is 0 Å². The maximum Gasteiger partial charge on any atom is 0.242 e. The van der Waals surface area contributed by atoms with E-state index in [9.17, 15) is 4.79 Å². The molecule has 0 aliphatic rings. The molecule has 1 rings (SSSR count). The summed E-state index contributed by atoms with van der Waals surface area (Å²) >= 11 is 5.73. The minimum absolute atomic E-state index is 0.00901. The van der Waals surface area contributed by atoms with Crippen molar-refractivity contribution in [1.29, 1.82) is 0 Å². The number of carbonyl (C=O) groups excluding carboxylic acids is 1. The molecule has 106 valence electrons. The molecule has 0 fully saturated rings. The smallest absolute Gasteiger partial charge is 0.242 e. The van der Waals surface area contributed by atoms with Crippen LogP contribution in [-0.4, -0.2) is 32.0 Å². The van der Waals surface area contributed by atoms with Crippen LogP contribution in [0.1, 0.15) is 25.0 Å².